The van der Waals surface area contributed by atoms with Gasteiger partial charge in [0.25, 0.3) is 5.91 Å². The van der Waals surface area contributed by atoms with Gasteiger partial charge >= 0.3 is 0 Å². The van der Waals surface area contributed by atoms with Crippen LogP contribution < -0.4 is 10.1 Å². The van der Waals surface area contributed by atoms with Gasteiger partial charge in [0.15, 0.2) is 12.4 Å². The number of Topliss-reactive ketones (excluding diaryl/α,β-unsaturated/α-hetero) is 1. The largest absolute Gasteiger partial charge is 0.484 e. The zero-order chi connectivity index (χ0) is 17.5. The molecule has 126 valence electrons. The lowest BCUT2D eigenvalue weighted by atomic mass is 9.99. The van der Waals surface area contributed by atoms with Crippen LogP contribution in [0.15, 0.2) is 48.5 Å². The Balaban J connectivity index is 1.89. The second-order valence-electron chi connectivity index (χ2n) is 5.85. The van der Waals surface area contributed by atoms with E-state index in [0.717, 1.165) is 6.42 Å². The first-order valence-corrected chi connectivity index (χ1v) is 8.13. The SMILES string of the molecule is CC[C@@H](C)c1ccc(OCC(=O)Nc2cccc(C(C)=O)c2)cc1. The van der Waals surface area contributed by atoms with Gasteiger partial charge in [0.05, 0.1) is 0 Å². The van der Waals surface area contributed by atoms with Gasteiger partial charge in [0.1, 0.15) is 5.75 Å². The van der Waals surface area contributed by atoms with Crippen LogP contribution in [-0.4, -0.2) is 18.3 Å². The van der Waals surface area contributed by atoms with Crippen LogP contribution in [0, 0.1) is 0 Å². The van der Waals surface area contributed by atoms with Crippen molar-refractivity contribution in [2.24, 2.45) is 0 Å². The molecule has 2 aromatic carbocycles. The van der Waals surface area contributed by atoms with Crippen molar-refractivity contribution >= 4 is 17.4 Å². The highest BCUT2D eigenvalue weighted by Gasteiger charge is 2.07. The number of hydrogen-bond donors (Lipinski definition) is 1. The molecule has 0 aliphatic heterocycles. The van der Waals surface area contributed by atoms with Crippen molar-refractivity contribution in [3.8, 4) is 5.75 Å². The molecule has 1 N–H and O–H groups in total. The molecule has 0 radical (unpaired) electrons. The molecule has 0 spiro atoms. The summed E-state index contributed by atoms with van der Waals surface area (Å²) >= 11 is 0. The average Bonchev–Trinajstić information content (AvgIpc) is 2.60. The van der Waals surface area contributed by atoms with Crippen molar-refractivity contribution in [1.82, 2.24) is 0 Å². The molecule has 0 bridgehead atoms. The maximum atomic E-state index is 12.0. The Morgan fingerprint density at radius 2 is 1.83 bits per heavy atom. The van der Waals surface area contributed by atoms with Crippen molar-refractivity contribution in [3.05, 3.63) is 59.7 Å². The molecule has 0 fully saturated rings. The molecule has 1 atom stereocenters. The summed E-state index contributed by atoms with van der Waals surface area (Å²) in [7, 11) is 0. The first-order valence-electron chi connectivity index (χ1n) is 8.13. The van der Waals surface area contributed by atoms with Crippen molar-refractivity contribution in [2.75, 3.05) is 11.9 Å². The number of ketones is 1. The van der Waals surface area contributed by atoms with Crippen LogP contribution in [0.25, 0.3) is 0 Å². The van der Waals surface area contributed by atoms with Gasteiger partial charge in [0, 0.05) is 11.3 Å². The quantitative estimate of drug-likeness (QED) is 0.767. The third-order valence-electron chi connectivity index (χ3n) is 3.98. The first-order chi connectivity index (χ1) is 11.5. The fraction of sp³-hybridized carbons (Fsp3) is 0.300. The number of rotatable bonds is 7. The fourth-order valence-electron chi connectivity index (χ4n) is 2.29. The standard InChI is InChI=1S/C20H23NO3/c1-4-14(2)16-8-10-19(11-9-16)24-13-20(23)21-18-7-5-6-17(12-18)15(3)22/h5-12,14H,4,13H2,1-3H3,(H,21,23)/t14-/m1/s1. The topological polar surface area (TPSA) is 55.4 Å². The van der Waals surface area contributed by atoms with E-state index in [-0.39, 0.29) is 18.3 Å². The van der Waals surface area contributed by atoms with E-state index < -0.39 is 0 Å². The molecule has 1 amide bonds. The van der Waals surface area contributed by atoms with E-state index in [4.69, 9.17) is 4.74 Å². The Labute approximate surface area is 142 Å². The number of amides is 1. The Bertz CT molecular complexity index is 707. The maximum absolute atomic E-state index is 12.0. The molecule has 0 saturated heterocycles. The summed E-state index contributed by atoms with van der Waals surface area (Å²) in [4.78, 5) is 23.3. The zero-order valence-electron chi connectivity index (χ0n) is 14.3. The monoisotopic (exact) mass is 325 g/mol. The van der Waals surface area contributed by atoms with Gasteiger partial charge in [-0.25, -0.2) is 0 Å². The van der Waals surface area contributed by atoms with E-state index in [1.165, 1.54) is 12.5 Å². The molecular weight excluding hydrogens is 302 g/mol. The lowest BCUT2D eigenvalue weighted by molar-refractivity contribution is -0.118. The Morgan fingerprint density at radius 1 is 1.12 bits per heavy atom. The summed E-state index contributed by atoms with van der Waals surface area (Å²) in [6, 6.07) is 14.7. The van der Waals surface area contributed by atoms with E-state index in [1.54, 1.807) is 24.3 Å². The fourth-order valence-corrected chi connectivity index (χ4v) is 2.29. The van der Waals surface area contributed by atoms with E-state index >= 15 is 0 Å². The van der Waals surface area contributed by atoms with Gasteiger partial charge in [-0.05, 0) is 49.1 Å². The molecule has 0 heterocycles. The van der Waals surface area contributed by atoms with Gasteiger partial charge in [-0.15, -0.1) is 0 Å². The number of hydrogen-bond acceptors (Lipinski definition) is 3. The van der Waals surface area contributed by atoms with Crippen LogP contribution in [0.3, 0.4) is 0 Å². The zero-order valence-corrected chi connectivity index (χ0v) is 14.3. The molecule has 2 aromatic rings. The van der Waals surface area contributed by atoms with E-state index in [1.807, 2.05) is 24.3 Å². The lowest BCUT2D eigenvalue weighted by Crippen LogP contribution is -2.20. The van der Waals surface area contributed by atoms with Gasteiger partial charge in [-0.1, -0.05) is 38.1 Å². The first kappa shape index (κ1) is 17.7. The molecule has 0 aromatic heterocycles. The van der Waals surface area contributed by atoms with Gasteiger partial charge in [-0.3, -0.25) is 9.59 Å². The summed E-state index contributed by atoms with van der Waals surface area (Å²) < 4.78 is 5.51. The van der Waals surface area contributed by atoms with Crippen LogP contribution >= 0.6 is 0 Å². The Morgan fingerprint density at radius 3 is 2.46 bits per heavy atom. The van der Waals surface area contributed by atoms with Gasteiger partial charge in [0.2, 0.25) is 0 Å². The third kappa shape index (κ3) is 4.95. The number of carbonyl (C=O) groups is 2. The number of nitrogens with one attached hydrogen (secondary N) is 1. The Hall–Kier alpha value is -2.62. The number of carbonyl (C=O) groups excluding carboxylic acids is 2. The minimum absolute atomic E-state index is 0.0382. The summed E-state index contributed by atoms with van der Waals surface area (Å²) in [5, 5.41) is 2.73. The second-order valence-corrected chi connectivity index (χ2v) is 5.85. The molecule has 0 saturated carbocycles. The molecule has 4 nitrogen and oxygen atoms in total. The van der Waals surface area contributed by atoms with Gasteiger partial charge in [-0.2, -0.15) is 0 Å². The highest BCUT2D eigenvalue weighted by Crippen LogP contribution is 2.21. The van der Waals surface area contributed by atoms with Crippen LogP contribution in [0.4, 0.5) is 5.69 Å². The minimum atomic E-state index is -0.262. The van der Waals surface area contributed by atoms with Crippen LogP contribution in [0.1, 0.15) is 49.0 Å². The van der Waals surface area contributed by atoms with Crippen molar-refractivity contribution in [1.29, 1.82) is 0 Å². The number of ether oxygens (including phenoxy) is 1. The highest BCUT2D eigenvalue weighted by molar-refractivity contribution is 5.97. The van der Waals surface area contributed by atoms with E-state index in [9.17, 15) is 9.59 Å². The molecule has 0 unspecified atom stereocenters. The van der Waals surface area contributed by atoms with Crippen molar-refractivity contribution in [3.63, 3.8) is 0 Å². The second kappa shape index (κ2) is 8.29. The van der Waals surface area contributed by atoms with Crippen LogP contribution in [0.5, 0.6) is 5.75 Å². The smallest absolute Gasteiger partial charge is 0.262 e. The molecule has 2 rings (SSSR count). The third-order valence-corrected chi connectivity index (χ3v) is 3.98. The predicted octanol–water partition coefficient (Wildman–Crippen LogP) is 4.42. The van der Waals surface area contributed by atoms with Crippen LogP contribution in [-0.2, 0) is 4.79 Å². The summed E-state index contributed by atoms with van der Waals surface area (Å²) in [6.07, 6.45) is 1.09. The Kier molecular flexibility index (Phi) is 6.13. The number of benzene rings is 2. The molecule has 4 heteroatoms. The molecule has 0 aliphatic rings. The summed E-state index contributed by atoms with van der Waals surface area (Å²) in [5.74, 6) is 0.871. The van der Waals surface area contributed by atoms with Crippen LogP contribution in [0.2, 0.25) is 0 Å². The lowest BCUT2D eigenvalue weighted by Gasteiger charge is -2.11. The predicted molar refractivity (Wildman–Crippen MR) is 95.7 cm³/mol. The maximum Gasteiger partial charge on any atom is 0.262 e. The van der Waals surface area contributed by atoms with Gasteiger partial charge < -0.3 is 10.1 Å². The minimum Gasteiger partial charge on any atom is -0.484 e. The average molecular weight is 325 g/mol. The number of anilines is 1. The van der Waals surface area contributed by atoms with Crippen molar-refractivity contribution < 1.29 is 14.3 Å². The normalized spacial score (nSPS) is 11.6. The summed E-state index contributed by atoms with van der Waals surface area (Å²) in [5.41, 5.74) is 2.41. The molecule has 24 heavy (non-hydrogen) atoms. The molecule has 0 aliphatic carbocycles. The molecular formula is C20H23NO3. The summed E-state index contributed by atoms with van der Waals surface area (Å²) in [6.45, 7) is 5.75. The highest BCUT2D eigenvalue weighted by atomic mass is 16.5. The van der Waals surface area contributed by atoms with E-state index in [2.05, 4.69) is 19.2 Å². The van der Waals surface area contributed by atoms with E-state index in [0.29, 0.717) is 22.9 Å². The van der Waals surface area contributed by atoms with Crippen molar-refractivity contribution in [2.45, 2.75) is 33.1 Å².